The first kappa shape index (κ1) is 14.5. The minimum atomic E-state index is -1.12. The SMILES string of the molecule is CC(OC(=O)Nc1ccccc1C(=O)O)c1ccccn1. The Hall–Kier alpha value is -2.89. The number of nitrogens with zero attached hydrogens (tertiary/aromatic N) is 1. The number of ether oxygens (including phenoxy) is 1. The summed E-state index contributed by atoms with van der Waals surface area (Å²) in [5.74, 6) is -1.12. The summed E-state index contributed by atoms with van der Waals surface area (Å²) in [6.45, 7) is 1.69. The van der Waals surface area contributed by atoms with Crippen LogP contribution < -0.4 is 5.32 Å². The van der Waals surface area contributed by atoms with Crippen molar-refractivity contribution in [2.45, 2.75) is 13.0 Å². The van der Waals surface area contributed by atoms with Crippen LogP contribution in [-0.2, 0) is 4.74 Å². The number of aromatic carboxylic acids is 1. The largest absolute Gasteiger partial charge is 0.478 e. The summed E-state index contributed by atoms with van der Waals surface area (Å²) in [5, 5.41) is 11.5. The van der Waals surface area contributed by atoms with Crippen molar-refractivity contribution < 1.29 is 19.4 Å². The number of aromatic nitrogens is 1. The van der Waals surface area contributed by atoms with Gasteiger partial charge in [0.05, 0.1) is 16.9 Å². The van der Waals surface area contributed by atoms with Crippen molar-refractivity contribution in [2.24, 2.45) is 0 Å². The number of pyridine rings is 1. The topological polar surface area (TPSA) is 88.5 Å². The van der Waals surface area contributed by atoms with Crippen LogP contribution in [0.5, 0.6) is 0 Å². The van der Waals surface area contributed by atoms with Crippen LogP contribution in [0.4, 0.5) is 10.5 Å². The molecule has 0 spiro atoms. The molecule has 0 bridgehead atoms. The predicted molar refractivity (Wildman–Crippen MR) is 76.2 cm³/mol. The van der Waals surface area contributed by atoms with Crippen LogP contribution in [0.1, 0.15) is 29.1 Å². The fourth-order valence-corrected chi connectivity index (χ4v) is 1.76. The molecular weight excluding hydrogens is 272 g/mol. The molecule has 1 heterocycles. The van der Waals surface area contributed by atoms with E-state index in [1.807, 2.05) is 0 Å². The van der Waals surface area contributed by atoms with Gasteiger partial charge in [-0.05, 0) is 31.2 Å². The molecule has 1 unspecified atom stereocenters. The Morgan fingerprint density at radius 3 is 2.57 bits per heavy atom. The van der Waals surface area contributed by atoms with E-state index in [-0.39, 0.29) is 11.3 Å². The van der Waals surface area contributed by atoms with Crippen LogP contribution in [0.15, 0.2) is 48.7 Å². The van der Waals surface area contributed by atoms with E-state index < -0.39 is 18.2 Å². The fraction of sp³-hybridized carbons (Fsp3) is 0.133. The summed E-state index contributed by atoms with van der Waals surface area (Å²) >= 11 is 0. The zero-order valence-electron chi connectivity index (χ0n) is 11.3. The number of para-hydroxylation sites is 1. The lowest BCUT2D eigenvalue weighted by molar-refractivity contribution is 0.0698. The van der Waals surface area contributed by atoms with Crippen LogP contribution in [0.25, 0.3) is 0 Å². The highest BCUT2D eigenvalue weighted by Gasteiger charge is 2.15. The van der Waals surface area contributed by atoms with Crippen molar-refractivity contribution in [3.8, 4) is 0 Å². The van der Waals surface area contributed by atoms with Crippen LogP contribution >= 0.6 is 0 Å². The molecule has 1 atom stereocenters. The molecule has 0 aliphatic carbocycles. The predicted octanol–water partition coefficient (Wildman–Crippen LogP) is 3.09. The standard InChI is InChI=1S/C15H14N2O4/c1-10(12-7-4-5-9-16-12)21-15(20)17-13-8-3-2-6-11(13)14(18)19/h2-10H,1H3,(H,17,20)(H,18,19). The Kier molecular flexibility index (Phi) is 4.50. The zero-order chi connectivity index (χ0) is 15.2. The van der Waals surface area contributed by atoms with Crippen molar-refractivity contribution in [3.05, 3.63) is 59.9 Å². The Bertz CT molecular complexity index is 643. The molecule has 21 heavy (non-hydrogen) atoms. The van der Waals surface area contributed by atoms with Gasteiger partial charge >= 0.3 is 12.1 Å². The number of anilines is 1. The lowest BCUT2D eigenvalue weighted by atomic mass is 10.2. The van der Waals surface area contributed by atoms with E-state index in [9.17, 15) is 9.59 Å². The molecular formula is C15H14N2O4. The molecule has 2 aromatic rings. The lowest BCUT2D eigenvalue weighted by Gasteiger charge is -2.14. The quantitative estimate of drug-likeness (QED) is 0.901. The molecule has 1 aromatic heterocycles. The van der Waals surface area contributed by atoms with Crippen molar-refractivity contribution in [3.63, 3.8) is 0 Å². The Morgan fingerprint density at radius 1 is 1.19 bits per heavy atom. The van der Waals surface area contributed by atoms with Gasteiger partial charge in [-0.2, -0.15) is 0 Å². The minimum absolute atomic E-state index is 0.0000563. The number of carbonyl (C=O) groups excluding carboxylic acids is 1. The molecule has 0 radical (unpaired) electrons. The van der Waals surface area contributed by atoms with E-state index in [4.69, 9.17) is 9.84 Å². The number of amides is 1. The van der Waals surface area contributed by atoms with Crippen molar-refractivity contribution in [1.82, 2.24) is 4.98 Å². The number of benzene rings is 1. The maximum atomic E-state index is 11.8. The van der Waals surface area contributed by atoms with Crippen molar-refractivity contribution in [1.29, 1.82) is 0 Å². The summed E-state index contributed by atoms with van der Waals surface area (Å²) in [4.78, 5) is 26.9. The monoisotopic (exact) mass is 286 g/mol. The average Bonchev–Trinajstić information content (AvgIpc) is 2.48. The molecule has 0 saturated carbocycles. The first-order valence-electron chi connectivity index (χ1n) is 6.29. The summed E-state index contributed by atoms with van der Waals surface area (Å²) < 4.78 is 5.17. The number of rotatable bonds is 4. The van der Waals surface area contributed by atoms with Gasteiger partial charge < -0.3 is 9.84 Å². The number of hydrogen-bond donors (Lipinski definition) is 2. The molecule has 0 aliphatic rings. The van der Waals surface area contributed by atoms with Crippen molar-refractivity contribution in [2.75, 3.05) is 5.32 Å². The molecule has 0 fully saturated rings. The van der Waals surface area contributed by atoms with Gasteiger partial charge in [-0.15, -0.1) is 0 Å². The van der Waals surface area contributed by atoms with E-state index in [1.54, 1.807) is 43.5 Å². The smallest absolute Gasteiger partial charge is 0.412 e. The first-order chi connectivity index (χ1) is 10.1. The molecule has 2 rings (SSSR count). The number of carboxylic acid groups (broad SMARTS) is 1. The van der Waals surface area contributed by atoms with Gasteiger partial charge in [-0.25, -0.2) is 9.59 Å². The second-order valence-electron chi connectivity index (χ2n) is 4.28. The lowest BCUT2D eigenvalue weighted by Crippen LogP contribution is -2.18. The van der Waals surface area contributed by atoms with Gasteiger partial charge in [-0.3, -0.25) is 10.3 Å². The van der Waals surface area contributed by atoms with E-state index >= 15 is 0 Å². The second kappa shape index (κ2) is 6.51. The van der Waals surface area contributed by atoms with E-state index in [2.05, 4.69) is 10.3 Å². The highest BCUT2D eigenvalue weighted by molar-refractivity contribution is 5.98. The first-order valence-corrected chi connectivity index (χ1v) is 6.29. The Morgan fingerprint density at radius 2 is 1.90 bits per heavy atom. The summed E-state index contributed by atoms with van der Waals surface area (Å²) in [6, 6.07) is 11.4. The van der Waals surface area contributed by atoms with Gasteiger partial charge in [0.25, 0.3) is 0 Å². The van der Waals surface area contributed by atoms with Gasteiger partial charge in [0.2, 0.25) is 0 Å². The third-order valence-electron chi connectivity index (χ3n) is 2.78. The van der Waals surface area contributed by atoms with E-state index in [0.29, 0.717) is 5.69 Å². The van der Waals surface area contributed by atoms with Gasteiger partial charge in [0, 0.05) is 6.20 Å². The third-order valence-corrected chi connectivity index (χ3v) is 2.78. The van der Waals surface area contributed by atoms with Gasteiger partial charge in [0.1, 0.15) is 6.10 Å². The normalized spacial score (nSPS) is 11.5. The molecule has 0 aliphatic heterocycles. The minimum Gasteiger partial charge on any atom is -0.478 e. The molecule has 2 N–H and O–H groups in total. The number of nitrogens with one attached hydrogen (secondary N) is 1. The highest BCUT2D eigenvalue weighted by Crippen LogP contribution is 2.18. The fourth-order valence-electron chi connectivity index (χ4n) is 1.76. The van der Waals surface area contributed by atoms with E-state index in [0.717, 1.165) is 0 Å². The highest BCUT2D eigenvalue weighted by atomic mass is 16.6. The van der Waals surface area contributed by atoms with Gasteiger partial charge in [0.15, 0.2) is 0 Å². The third kappa shape index (κ3) is 3.79. The van der Waals surface area contributed by atoms with Crippen LogP contribution in [0.3, 0.4) is 0 Å². The molecule has 108 valence electrons. The van der Waals surface area contributed by atoms with Crippen LogP contribution in [-0.4, -0.2) is 22.2 Å². The van der Waals surface area contributed by atoms with Crippen LogP contribution in [0, 0.1) is 0 Å². The maximum absolute atomic E-state index is 11.8. The molecule has 1 aromatic carbocycles. The summed E-state index contributed by atoms with van der Waals surface area (Å²) in [7, 11) is 0. The van der Waals surface area contributed by atoms with Crippen molar-refractivity contribution >= 4 is 17.7 Å². The van der Waals surface area contributed by atoms with Crippen LogP contribution in [0.2, 0.25) is 0 Å². The maximum Gasteiger partial charge on any atom is 0.412 e. The average molecular weight is 286 g/mol. The second-order valence-corrected chi connectivity index (χ2v) is 4.28. The Balaban J connectivity index is 2.04. The zero-order valence-corrected chi connectivity index (χ0v) is 11.3. The summed E-state index contributed by atoms with van der Waals surface area (Å²) in [5.41, 5.74) is 0.794. The molecule has 0 saturated heterocycles. The number of hydrogen-bond acceptors (Lipinski definition) is 4. The molecule has 6 nitrogen and oxygen atoms in total. The summed E-state index contributed by atoms with van der Waals surface area (Å²) in [6.07, 6.45) is 0.331. The van der Waals surface area contributed by atoms with E-state index in [1.165, 1.54) is 12.1 Å². The Labute approximate surface area is 121 Å². The van der Waals surface area contributed by atoms with Gasteiger partial charge in [-0.1, -0.05) is 18.2 Å². The number of carboxylic acids is 1. The molecule has 1 amide bonds. The molecule has 6 heteroatoms. The number of carbonyl (C=O) groups is 2.